The summed E-state index contributed by atoms with van der Waals surface area (Å²) in [6.07, 6.45) is 1.29. The molecule has 0 fully saturated rings. The van der Waals surface area contributed by atoms with E-state index in [9.17, 15) is 4.79 Å². The number of hydrogen-bond donors (Lipinski definition) is 1. The predicted molar refractivity (Wildman–Crippen MR) is 101 cm³/mol. The van der Waals surface area contributed by atoms with E-state index >= 15 is 0 Å². The fourth-order valence-electron chi connectivity index (χ4n) is 2.84. The Hall–Kier alpha value is -2.67. The molecule has 1 atom stereocenters. The maximum absolute atomic E-state index is 12.7. The lowest BCUT2D eigenvalue weighted by molar-refractivity contribution is 0.0338. The van der Waals surface area contributed by atoms with Gasteiger partial charge in [0, 0.05) is 20.3 Å². The van der Waals surface area contributed by atoms with Crippen LogP contribution in [0.2, 0.25) is 0 Å². The van der Waals surface area contributed by atoms with Crippen molar-refractivity contribution in [3.8, 4) is 0 Å². The zero-order valence-electron chi connectivity index (χ0n) is 15.4. The number of benzene rings is 1. The minimum atomic E-state index is -0.461. The topological polar surface area (TPSA) is 92.3 Å². The average Bonchev–Trinajstić information content (AvgIpc) is 2.91. The standard InChI is InChI=1S/C19H24N4O3/c1-4-12(2)26-19(24)15-16-18(23(17(15)20)10-7-11-25-3)22-14-9-6-5-8-13(14)21-16/h5-6,8-9,12H,4,7,10-11,20H2,1-3H3/t12-/m1/s1. The summed E-state index contributed by atoms with van der Waals surface area (Å²) in [5.41, 5.74) is 9.15. The molecule has 0 aliphatic heterocycles. The molecular formula is C19H24N4O3. The van der Waals surface area contributed by atoms with Crippen LogP contribution in [0.5, 0.6) is 0 Å². The molecule has 0 saturated heterocycles. The Labute approximate surface area is 152 Å². The number of para-hydroxylation sites is 2. The number of rotatable bonds is 7. The number of ether oxygens (including phenoxy) is 2. The second-order valence-electron chi connectivity index (χ2n) is 6.27. The molecule has 2 aromatic heterocycles. The van der Waals surface area contributed by atoms with Crippen LogP contribution in [0.3, 0.4) is 0 Å². The van der Waals surface area contributed by atoms with Crippen LogP contribution in [-0.4, -0.2) is 40.3 Å². The Morgan fingerprint density at radius 2 is 1.96 bits per heavy atom. The van der Waals surface area contributed by atoms with Gasteiger partial charge in [-0.05, 0) is 31.9 Å². The molecule has 138 valence electrons. The van der Waals surface area contributed by atoms with Gasteiger partial charge in [0.2, 0.25) is 0 Å². The van der Waals surface area contributed by atoms with Crippen molar-refractivity contribution in [2.45, 2.75) is 39.3 Å². The van der Waals surface area contributed by atoms with E-state index in [0.29, 0.717) is 35.7 Å². The fraction of sp³-hybridized carbons (Fsp3) is 0.421. The van der Waals surface area contributed by atoms with Crippen LogP contribution >= 0.6 is 0 Å². The number of anilines is 1. The molecule has 0 amide bonds. The van der Waals surface area contributed by atoms with Crippen LogP contribution in [0, 0.1) is 0 Å². The number of esters is 1. The highest BCUT2D eigenvalue weighted by Crippen LogP contribution is 2.29. The molecule has 0 saturated carbocycles. The predicted octanol–water partition coefficient (Wildman–Crippen LogP) is 3.16. The minimum absolute atomic E-state index is 0.192. The molecule has 7 nitrogen and oxygen atoms in total. The number of fused-ring (bicyclic) bond motifs is 2. The molecule has 7 heteroatoms. The molecule has 0 bridgehead atoms. The van der Waals surface area contributed by atoms with Gasteiger partial charge < -0.3 is 19.8 Å². The summed E-state index contributed by atoms with van der Waals surface area (Å²) in [5, 5.41) is 0. The van der Waals surface area contributed by atoms with E-state index in [0.717, 1.165) is 18.4 Å². The van der Waals surface area contributed by atoms with Crippen molar-refractivity contribution in [2.75, 3.05) is 19.5 Å². The van der Waals surface area contributed by atoms with Crippen LogP contribution in [0.25, 0.3) is 22.2 Å². The third-order valence-electron chi connectivity index (χ3n) is 4.41. The highest BCUT2D eigenvalue weighted by atomic mass is 16.5. The van der Waals surface area contributed by atoms with Crippen LogP contribution in [0.1, 0.15) is 37.0 Å². The Balaban J connectivity index is 2.16. The molecule has 26 heavy (non-hydrogen) atoms. The van der Waals surface area contributed by atoms with E-state index in [4.69, 9.17) is 20.2 Å². The molecule has 3 rings (SSSR count). The first-order valence-electron chi connectivity index (χ1n) is 8.81. The number of aryl methyl sites for hydroxylation is 1. The number of hydrogen-bond acceptors (Lipinski definition) is 6. The molecular weight excluding hydrogens is 332 g/mol. The number of carbonyl (C=O) groups excluding carboxylic acids is 1. The van der Waals surface area contributed by atoms with Gasteiger partial charge in [0.05, 0.1) is 17.1 Å². The summed E-state index contributed by atoms with van der Waals surface area (Å²) in [6.45, 7) is 4.99. The van der Waals surface area contributed by atoms with E-state index in [1.807, 2.05) is 42.7 Å². The van der Waals surface area contributed by atoms with Crippen LogP contribution < -0.4 is 5.73 Å². The smallest absolute Gasteiger partial charge is 0.344 e. The van der Waals surface area contributed by atoms with E-state index < -0.39 is 5.97 Å². The largest absolute Gasteiger partial charge is 0.459 e. The molecule has 0 unspecified atom stereocenters. The number of nitrogens with zero attached hydrogens (tertiary/aromatic N) is 3. The number of nitrogens with two attached hydrogens (primary N) is 1. The van der Waals surface area contributed by atoms with Crippen molar-refractivity contribution in [3.05, 3.63) is 29.8 Å². The van der Waals surface area contributed by atoms with Crippen LogP contribution in [0.15, 0.2) is 24.3 Å². The van der Waals surface area contributed by atoms with Crippen LogP contribution in [0.4, 0.5) is 5.82 Å². The van der Waals surface area contributed by atoms with E-state index in [1.54, 1.807) is 7.11 Å². The van der Waals surface area contributed by atoms with Gasteiger partial charge in [-0.2, -0.15) is 0 Å². The quantitative estimate of drug-likeness (QED) is 0.516. The summed E-state index contributed by atoms with van der Waals surface area (Å²) in [5.74, 6) is -0.128. The molecule has 2 heterocycles. The molecule has 0 aliphatic carbocycles. The molecule has 0 spiro atoms. The summed E-state index contributed by atoms with van der Waals surface area (Å²) >= 11 is 0. The minimum Gasteiger partial charge on any atom is -0.459 e. The van der Waals surface area contributed by atoms with Gasteiger partial charge in [-0.25, -0.2) is 14.8 Å². The van der Waals surface area contributed by atoms with Crippen molar-refractivity contribution in [3.63, 3.8) is 0 Å². The fourth-order valence-corrected chi connectivity index (χ4v) is 2.84. The van der Waals surface area contributed by atoms with Gasteiger partial charge in [0.15, 0.2) is 5.65 Å². The molecule has 1 aromatic carbocycles. The van der Waals surface area contributed by atoms with E-state index in [1.165, 1.54) is 0 Å². The van der Waals surface area contributed by atoms with Gasteiger partial charge >= 0.3 is 5.97 Å². The first kappa shape index (κ1) is 18.1. The number of methoxy groups -OCH3 is 1. The lowest BCUT2D eigenvalue weighted by Crippen LogP contribution is -2.16. The Kier molecular flexibility index (Phi) is 5.37. The third-order valence-corrected chi connectivity index (χ3v) is 4.41. The van der Waals surface area contributed by atoms with Gasteiger partial charge in [0.25, 0.3) is 0 Å². The molecule has 0 radical (unpaired) electrons. The Morgan fingerprint density at radius 1 is 1.27 bits per heavy atom. The van der Waals surface area contributed by atoms with Crippen LogP contribution in [-0.2, 0) is 16.0 Å². The zero-order valence-corrected chi connectivity index (χ0v) is 15.4. The van der Waals surface area contributed by atoms with Crippen molar-refractivity contribution in [1.29, 1.82) is 0 Å². The lowest BCUT2D eigenvalue weighted by Gasteiger charge is -2.11. The molecule has 0 aliphatic rings. The van der Waals surface area contributed by atoms with Gasteiger partial charge in [-0.3, -0.25) is 0 Å². The normalized spacial score (nSPS) is 12.6. The second kappa shape index (κ2) is 7.70. The SMILES string of the molecule is CC[C@@H](C)OC(=O)c1c(N)n(CCCOC)c2nc3ccccc3nc12. The first-order valence-corrected chi connectivity index (χ1v) is 8.81. The monoisotopic (exact) mass is 356 g/mol. The van der Waals surface area contributed by atoms with E-state index in [2.05, 4.69) is 4.98 Å². The van der Waals surface area contributed by atoms with Crippen molar-refractivity contribution >= 4 is 34.0 Å². The van der Waals surface area contributed by atoms with Gasteiger partial charge in [-0.1, -0.05) is 19.1 Å². The average molecular weight is 356 g/mol. The second-order valence-corrected chi connectivity index (χ2v) is 6.27. The summed E-state index contributed by atoms with van der Waals surface area (Å²) in [7, 11) is 1.65. The lowest BCUT2D eigenvalue weighted by atomic mass is 10.2. The first-order chi connectivity index (χ1) is 12.6. The molecule has 3 aromatic rings. The maximum Gasteiger partial charge on any atom is 0.344 e. The van der Waals surface area contributed by atoms with Gasteiger partial charge in [-0.15, -0.1) is 0 Å². The van der Waals surface area contributed by atoms with Gasteiger partial charge in [0.1, 0.15) is 16.9 Å². The maximum atomic E-state index is 12.7. The highest BCUT2D eigenvalue weighted by Gasteiger charge is 2.25. The Morgan fingerprint density at radius 3 is 2.62 bits per heavy atom. The Bertz CT molecular complexity index is 935. The van der Waals surface area contributed by atoms with Crippen molar-refractivity contribution in [2.24, 2.45) is 0 Å². The zero-order chi connectivity index (χ0) is 18.7. The number of aromatic nitrogens is 3. The molecule has 2 N–H and O–H groups in total. The number of nitrogen functional groups attached to an aromatic ring is 1. The van der Waals surface area contributed by atoms with Crippen molar-refractivity contribution < 1.29 is 14.3 Å². The third kappa shape index (κ3) is 3.35. The van der Waals surface area contributed by atoms with Crippen molar-refractivity contribution in [1.82, 2.24) is 14.5 Å². The number of carbonyl (C=O) groups is 1. The van der Waals surface area contributed by atoms with E-state index in [-0.39, 0.29) is 11.7 Å². The summed E-state index contributed by atoms with van der Waals surface area (Å²) in [4.78, 5) is 22.1. The highest BCUT2D eigenvalue weighted by molar-refractivity contribution is 6.08. The summed E-state index contributed by atoms with van der Waals surface area (Å²) < 4.78 is 12.4. The summed E-state index contributed by atoms with van der Waals surface area (Å²) in [6, 6.07) is 7.55.